The summed E-state index contributed by atoms with van der Waals surface area (Å²) in [5.41, 5.74) is 2.45. The Morgan fingerprint density at radius 1 is 1.27 bits per heavy atom. The summed E-state index contributed by atoms with van der Waals surface area (Å²) in [4.78, 5) is 3.42. The van der Waals surface area contributed by atoms with Gasteiger partial charge in [-0.1, -0.05) is 6.07 Å². The van der Waals surface area contributed by atoms with Gasteiger partial charge in [-0.25, -0.2) is 0 Å². The molecule has 7 heteroatoms. The van der Waals surface area contributed by atoms with Crippen LogP contribution in [0.4, 0.5) is 13.2 Å². The molecule has 0 radical (unpaired) electrons. The number of nitrogens with zero attached hydrogens (tertiary/aromatic N) is 2. The third-order valence-corrected chi connectivity index (χ3v) is 4.91. The van der Waals surface area contributed by atoms with Gasteiger partial charge in [-0.05, 0) is 44.0 Å². The number of ether oxygens (including phenoxy) is 1. The smallest absolute Gasteiger partial charge is 0.381 e. The maximum Gasteiger partial charge on any atom is 0.435 e. The third kappa shape index (κ3) is 3.11. The van der Waals surface area contributed by atoms with Crippen molar-refractivity contribution in [3.05, 3.63) is 41.7 Å². The number of H-pyrrole nitrogens is 1. The zero-order chi connectivity index (χ0) is 18.3. The molecule has 26 heavy (non-hydrogen) atoms. The van der Waals surface area contributed by atoms with Gasteiger partial charge in [-0.3, -0.25) is 4.68 Å². The molecule has 0 amide bonds. The molecule has 0 saturated carbocycles. The number of hydrogen-bond donors (Lipinski definition) is 1. The monoisotopic (exact) mass is 363 g/mol. The summed E-state index contributed by atoms with van der Waals surface area (Å²) in [6, 6.07) is 8.87. The molecule has 0 bridgehead atoms. The van der Waals surface area contributed by atoms with Crippen molar-refractivity contribution >= 4 is 10.9 Å². The van der Waals surface area contributed by atoms with Crippen LogP contribution >= 0.6 is 0 Å². The van der Waals surface area contributed by atoms with E-state index in [2.05, 4.69) is 16.1 Å². The van der Waals surface area contributed by atoms with Gasteiger partial charge in [-0.2, -0.15) is 18.3 Å². The molecule has 1 N–H and O–H groups in total. The molecule has 1 aliphatic rings. The number of halogens is 3. The highest BCUT2D eigenvalue weighted by Crippen LogP contribution is 2.34. The minimum absolute atomic E-state index is 0.345. The van der Waals surface area contributed by atoms with Gasteiger partial charge >= 0.3 is 6.18 Å². The van der Waals surface area contributed by atoms with Crippen LogP contribution in [-0.4, -0.2) is 28.0 Å². The summed E-state index contributed by atoms with van der Waals surface area (Å²) in [5.74, 6) is 0.345. The van der Waals surface area contributed by atoms with Crippen molar-refractivity contribution in [3.63, 3.8) is 0 Å². The first-order valence-electron chi connectivity index (χ1n) is 8.81. The van der Waals surface area contributed by atoms with E-state index in [-0.39, 0.29) is 0 Å². The standard InChI is InChI=1S/C19H20F3N3O/c1-2-25-17(10-18(24-25)19(20,21)22)12-5-6-15-14(8-12)9-16(23-15)13-4-3-7-26-11-13/h5-6,8-10,13,23H,2-4,7,11H2,1H3. The Balaban J connectivity index is 1.72. The lowest BCUT2D eigenvalue weighted by Crippen LogP contribution is -2.15. The van der Waals surface area contributed by atoms with E-state index in [0.29, 0.717) is 24.8 Å². The number of alkyl halides is 3. The Morgan fingerprint density at radius 2 is 2.12 bits per heavy atom. The van der Waals surface area contributed by atoms with Crippen LogP contribution in [0.15, 0.2) is 30.3 Å². The average Bonchev–Trinajstić information content (AvgIpc) is 3.25. The van der Waals surface area contributed by atoms with E-state index in [1.54, 1.807) is 6.92 Å². The van der Waals surface area contributed by atoms with Crippen LogP contribution in [0.3, 0.4) is 0 Å². The first-order chi connectivity index (χ1) is 12.5. The van der Waals surface area contributed by atoms with Crippen molar-refractivity contribution in [1.82, 2.24) is 14.8 Å². The van der Waals surface area contributed by atoms with Gasteiger partial charge in [0.05, 0.1) is 12.3 Å². The topological polar surface area (TPSA) is 42.8 Å². The number of hydrogen-bond acceptors (Lipinski definition) is 2. The Labute approximate surface area is 149 Å². The average molecular weight is 363 g/mol. The largest absolute Gasteiger partial charge is 0.435 e. The van der Waals surface area contributed by atoms with Crippen LogP contribution in [-0.2, 0) is 17.5 Å². The van der Waals surface area contributed by atoms with Crippen LogP contribution in [0.1, 0.15) is 37.1 Å². The van der Waals surface area contributed by atoms with Crippen LogP contribution in [0.25, 0.3) is 22.2 Å². The summed E-state index contributed by atoms with van der Waals surface area (Å²) in [5, 5.41) is 4.69. The number of fused-ring (bicyclic) bond motifs is 1. The fourth-order valence-corrected chi connectivity index (χ4v) is 3.55. The lowest BCUT2D eigenvalue weighted by molar-refractivity contribution is -0.141. The third-order valence-electron chi connectivity index (χ3n) is 4.91. The highest BCUT2D eigenvalue weighted by Gasteiger charge is 2.35. The molecule has 1 aromatic carbocycles. The molecule has 4 nitrogen and oxygen atoms in total. The van der Waals surface area contributed by atoms with Crippen LogP contribution in [0.2, 0.25) is 0 Å². The molecule has 0 spiro atoms. The summed E-state index contributed by atoms with van der Waals surface area (Å²) in [6.07, 6.45) is -2.32. The Kier molecular flexibility index (Phi) is 4.26. The highest BCUT2D eigenvalue weighted by molar-refractivity contribution is 5.85. The Morgan fingerprint density at radius 3 is 2.81 bits per heavy atom. The van der Waals surface area contributed by atoms with Gasteiger partial charge in [0.1, 0.15) is 0 Å². The van der Waals surface area contributed by atoms with Gasteiger partial charge in [0.15, 0.2) is 5.69 Å². The number of aryl methyl sites for hydroxylation is 1. The zero-order valence-electron chi connectivity index (χ0n) is 14.4. The maximum absolute atomic E-state index is 13.0. The summed E-state index contributed by atoms with van der Waals surface area (Å²) in [7, 11) is 0. The molecule has 1 atom stereocenters. The van der Waals surface area contributed by atoms with Crippen molar-refractivity contribution in [2.45, 2.75) is 38.4 Å². The molecular weight excluding hydrogens is 343 g/mol. The number of aromatic amines is 1. The predicted octanol–water partition coefficient (Wildman–Crippen LogP) is 4.96. The predicted molar refractivity (Wildman–Crippen MR) is 93.0 cm³/mol. The molecule has 0 aliphatic carbocycles. The van der Waals surface area contributed by atoms with Gasteiger partial charge in [0.25, 0.3) is 0 Å². The van der Waals surface area contributed by atoms with Crippen LogP contribution in [0, 0.1) is 0 Å². The molecule has 4 rings (SSSR count). The van der Waals surface area contributed by atoms with Crippen LogP contribution < -0.4 is 0 Å². The quantitative estimate of drug-likeness (QED) is 0.714. The van der Waals surface area contributed by atoms with Gasteiger partial charge in [0, 0.05) is 41.2 Å². The van der Waals surface area contributed by atoms with E-state index in [1.165, 1.54) is 4.68 Å². The number of rotatable bonds is 3. The Hall–Kier alpha value is -2.28. The molecule has 1 unspecified atom stereocenters. The molecule has 3 heterocycles. The van der Waals surface area contributed by atoms with Crippen molar-refractivity contribution in [1.29, 1.82) is 0 Å². The van der Waals surface area contributed by atoms with E-state index in [0.717, 1.165) is 47.7 Å². The zero-order valence-corrected chi connectivity index (χ0v) is 14.4. The Bertz CT molecular complexity index is 920. The number of benzene rings is 1. The van der Waals surface area contributed by atoms with Crippen molar-refractivity contribution in [3.8, 4) is 11.3 Å². The minimum atomic E-state index is -4.44. The number of nitrogens with one attached hydrogen (secondary N) is 1. The summed E-state index contributed by atoms with van der Waals surface area (Å²) in [6.45, 7) is 3.68. The normalized spacial score (nSPS) is 18.5. The lowest BCUT2D eigenvalue weighted by atomic mass is 9.98. The fraction of sp³-hybridized carbons (Fsp3) is 0.421. The second-order valence-electron chi connectivity index (χ2n) is 6.67. The molecular formula is C19H20F3N3O. The van der Waals surface area contributed by atoms with E-state index in [4.69, 9.17) is 4.74 Å². The second-order valence-corrected chi connectivity index (χ2v) is 6.67. The fourth-order valence-electron chi connectivity index (χ4n) is 3.55. The summed E-state index contributed by atoms with van der Waals surface area (Å²) < 4.78 is 46.0. The lowest BCUT2D eigenvalue weighted by Gasteiger charge is -2.20. The molecule has 1 aliphatic heterocycles. The van der Waals surface area contributed by atoms with E-state index in [9.17, 15) is 13.2 Å². The first kappa shape index (κ1) is 17.1. The van der Waals surface area contributed by atoms with Gasteiger partial charge in [0.2, 0.25) is 0 Å². The van der Waals surface area contributed by atoms with Gasteiger partial charge < -0.3 is 9.72 Å². The maximum atomic E-state index is 13.0. The minimum Gasteiger partial charge on any atom is -0.381 e. The van der Waals surface area contributed by atoms with E-state index in [1.807, 2.05) is 18.2 Å². The summed E-state index contributed by atoms with van der Waals surface area (Å²) >= 11 is 0. The SMILES string of the molecule is CCn1nc(C(F)(F)F)cc1-c1ccc2[nH]c(C3CCCOC3)cc2c1. The molecule has 3 aromatic rings. The van der Waals surface area contributed by atoms with Crippen molar-refractivity contribution in [2.75, 3.05) is 13.2 Å². The second kappa shape index (κ2) is 6.46. The molecule has 1 saturated heterocycles. The van der Waals surface area contributed by atoms with Crippen molar-refractivity contribution < 1.29 is 17.9 Å². The van der Waals surface area contributed by atoms with E-state index >= 15 is 0 Å². The van der Waals surface area contributed by atoms with E-state index < -0.39 is 11.9 Å². The first-order valence-corrected chi connectivity index (χ1v) is 8.81. The van der Waals surface area contributed by atoms with Crippen LogP contribution in [0.5, 0.6) is 0 Å². The number of aromatic nitrogens is 3. The molecule has 1 fully saturated rings. The van der Waals surface area contributed by atoms with Crippen molar-refractivity contribution in [2.24, 2.45) is 0 Å². The highest BCUT2D eigenvalue weighted by atomic mass is 19.4. The molecule has 138 valence electrons. The van der Waals surface area contributed by atoms with Gasteiger partial charge in [-0.15, -0.1) is 0 Å². The molecule has 2 aromatic heterocycles.